The summed E-state index contributed by atoms with van der Waals surface area (Å²) in [5.74, 6) is -2.19. The van der Waals surface area contributed by atoms with Gasteiger partial charge in [0.25, 0.3) is 0 Å². The summed E-state index contributed by atoms with van der Waals surface area (Å²) >= 11 is 0. The van der Waals surface area contributed by atoms with Crippen LogP contribution >= 0.6 is 0 Å². The third-order valence-corrected chi connectivity index (χ3v) is 6.77. The molecule has 2 heterocycles. The van der Waals surface area contributed by atoms with Crippen LogP contribution in [-0.4, -0.2) is 58.7 Å². The van der Waals surface area contributed by atoms with E-state index in [-0.39, 0.29) is 16.9 Å². The predicted molar refractivity (Wildman–Crippen MR) is 109 cm³/mol. The van der Waals surface area contributed by atoms with Gasteiger partial charge in [-0.3, -0.25) is 14.8 Å². The number of aromatic carboxylic acids is 1. The molecule has 1 saturated carbocycles. The number of benzene rings is 1. The number of hydroxylamine groups is 1. The standard InChI is InChI=1S/C22H27N3O5/c1-13-2-3-15(21(28)29)10-16(13)14-4-8-25(9-5-14)20(27)18-17(19(26)24-30)11-22(6-7-22)12-23-18/h2-4,10,17-18,23,30H,5-9,11-12H2,1H3,(H,24,26)(H,28,29). The van der Waals surface area contributed by atoms with E-state index in [0.717, 1.165) is 29.5 Å². The van der Waals surface area contributed by atoms with Gasteiger partial charge in [0.1, 0.15) is 0 Å². The van der Waals surface area contributed by atoms with Gasteiger partial charge in [0.2, 0.25) is 11.8 Å². The molecular formula is C22H27N3O5. The lowest BCUT2D eigenvalue weighted by molar-refractivity contribution is -0.144. The molecule has 2 atom stereocenters. The Kier molecular flexibility index (Phi) is 5.38. The molecule has 3 aliphatic rings. The van der Waals surface area contributed by atoms with Crippen LogP contribution in [0.5, 0.6) is 0 Å². The Bertz CT molecular complexity index is 921. The third kappa shape index (κ3) is 3.85. The van der Waals surface area contributed by atoms with Gasteiger partial charge in [-0.25, -0.2) is 10.3 Å². The van der Waals surface area contributed by atoms with Crippen molar-refractivity contribution in [3.8, 4) is 0 Å². The maximum atomic E-state index is 13.2. The molecular weight excluding hydrogens is 386 g/mol. The van der Waals surface area contributed by atoms with Crippen LogP contribution in [-0.2, 0) is 9.59 Å². The zero-order valence-corrected chi connectivity index (χ0v) is 17.0. The highest BCUT2D eigenvalue weighted by Gasteiger charge is 2.52. The zero-order chi connectivity index (χ0) is 21.5. The topological polar surface area (TPSA) is 119 Å². The number of carbonyl (C=O) groups is 3. The molecule has 4 rings (SSSR count). The van der Waals surface area contributed by atoms with E-state index in [4.69, 9.17) is 5.21 Å². The van der Waals surface area contributed by atoms with Crippen molar-refractivity contribution in [2.75, 3.05) is 19.6 Å². The third-order valence-electron chi connectivity index (χ3n) is 6.77. The maximum Gasteiger partial charge on any atom is 0.335 e. The van der Waals surface area contributed by atoms with Crippen molar-refractivity contribution in [3.63, 3.8) is 0 Å². The maximum absolute atomic E-state index is 13.2. The SMILES string of the molecule is Cc1ccc(C(=O)O)cc1C1=CCN(C(=O)C2NCC3(CC3)CC2C(=O)NO)CC1. The van der Waals surface area contributed by atoms with Gasteiger partial charge < -0.3 is 15.3 Å². The van der Waals surface area contributed by atoms with Crippen molar-refractivity contribution in [1.82, 2.24) is 15.7 Å². The Balaban J connectivity index is 1.48. The van der Waals surface area contributed by atoms with Gasteiger partial charge in [-0.2, -0.15) is 0 Å². The average molecular weight is 413 g/mol. The molecule has 1 aromatic rings. The number of aryl methyl sites for hydroxylation is 1. The van der Waals surface area contributed by atoms with Crippen LogP contribution in [0.15, 0.2) is 24.3 Å². The van der Waals surface area contributed by atoms with Gasteiger partial charge in [-0.15, -0.1) is 0 Å². The van der Waals surface area contributed by atoms with E-state index < -0.39 is 23.8 Å². The minimum absolute atomic E-state index is 0.0929. The smallest absolute Gasteiger partial charge is 0.335 e. The van der Waals surface area contributed by atoms with Gasteiger partial charge >= 0.3 is 5.97 Å². The minimum atomic E-state index is -0.963. The summed E-state index contributed by atoms with van der Waals surface area (Å²) < 4.78 is 0. The number of carbonyl (C=O) groups excluding carboxylic acids is 2. The number of carboxylic acid groups (broad SMARTS) is 1. The monoisotopic (exact) mass is 413 g/mol. The average Bonchev–Trinajstić information content (AvgIpc) is 3.51. The van der Waals surface area contributed by atoms with Crippen molar-refractivity contribution in [1.29, 1.82) is 0 Å². The van der Waals surface area contributed by atoms with E-state index in [1.807, 2.05) is 13.0 Å². The van der Waals surface area contributed by atoms with Crippen molar-refractivity contribution in [2.45, 2.75) is 38.6 Å². The van der Waals surface area contributed by atoms with Crippen molar-refractivity contribution < 1.29 is 24.7 Å². The largest absolute Gasteiger partial charge is 0.478 e. The lowest BCUT2D eigenvalue weighted by Crippen LogP contribution is -2.59. The van der Waals surface area contributed by atoms with E-state index in [1.165, 1.54) is 0 Å². The van der Waals surface area contributed by atoms with Crippen molar-refractivity contribution in [2.24, 2.45) is 11.3 Å². The first kappa shape index (κ1) is 20.6. The summed E-state index contributed by atoms with van der Waals surface area (Å²) in [7, 11) is 0. The number of nitrogens with zero attached hydrogens (tertiary/aromatic N) is 1. The van der Waals surface area contributed by atoms with Gasteiger partial charge in [0.05, 0.1) is 17.5 Å². The summed E-state index contributed by atoms with van der Waals surface area (Å²) in [6.45, 7) is 3.56. The van der Waals surface area contributed by atoms with Crippen molar-refractivity contribution in [3.05, 3.63) is 41.0 Å². The number of hydrogen-bond donors (Lipinski definition) is 4. The van der Waals surface area contributed by atoms with Crippen LogP contribution in [0.25, 0.3) is 5.57 Å². The second kappa shape index (κ2) is 7.85. The summed E-state index contributed by atoms with van der Waals surface area (Å²) in [6, 6.07) is 4.43. The molecule has 2 unspecified atom stereocenters. The van der Waals surface area contributed by atoms with Gasteiger partial charge in [0, 0.05) is 19.6 Å². The number of nitrogens with one attached hydrogen (secondary N) is 2. The number of rotatable bonds is 4. The second-order valence-electron chi connectivity index (χ2n) is 8.74. The quantitative estimate of drug-likeness (QED) is 0.440. The predicted octanol–water partition coefficient (Wildman–Crippen LogP) is 1.57. The van der Waals surface area contributed by atoms with Gasteiger partial charge in [-0.1, -0.05) is 12.1 Å². The number of amides is 2. The molecule has 4 N–H and O–H groups in total. The normalized spacial score (nSPS) is 24.9. The fourth-order valence-corrected chi connectivity index (χ4v) is 4.68. The highest BCUT2D eigenvalue weighted by atomic mass is 16.5. The minimum Gasteiger partial charge on any atom is -0.478 e. The van der Waals surface area contributed by atoms with Crippen LogP contribution in [0, 0.1) is 18.3 Å². The Hall–Kier alpha value is -2.71. The molecule has 2 fully saturated rings. The molecule has 160 valence electrons. The molecule has 0 bridgehead atoms. The van der Waals surface area contributed by atoms with Crippen LogP contribution in [0.1, 0.15) is 47.2 Å². The first-order valence-electron chi connectivity index (χ1n) is 10.3. The first-order valence-corrected chi connectivity index (χ1v) is 10.3. The van der Waals surface area contributed by atoms with Crippen molar-refractivity contribution >= 4 is 23.4 Å². The number of piperidine rings is 1. The van der Waals surface area contributed by atoms with E-state index in [0.29, 0.717) is 32.5 Å². The summed E-state index contributed by atoms with van der Waals surface area (Å²) in [4.78, 5) is 38.4. The highest BCUT2D eigenvalue weighted by Crippen LogP contribution is 2.52. The molecule has 8 nitrogen and oxygen atoms in total. The lowest BCUT2D eigenvalue weighted by atomic mass is 9.81. The van der Waals surface area contributed by atoms with E-state index in [9.17, 15) is 19.5 Å². The molecule has 1 aliphatic carbocycles. The first-order chi connectivity index (χ1) is 14.3. The van der Waals surface area contributed by atoms with E-state index >= 15 is 0 Å². The summed E-state index contributed by atoms with van der Waals surface area (Å²) in [6.07, 6.45) is 5.27. The molecule has 2 aliphatic heterocycles. The summed E-state index contributed by atoms with van der Waals surface area (Å²) in [5.41, 5.74) is 4.98. The molecule has 2 amide bonds. The molecule has 0 radical (unpaired) electrons. The van der Waals surface area contributed by atoms with Crippen LogP contribution < -0.4 is 10.8 Å². The van der Waals surface area contributed by atoms with Crippen LogP contribution in [0.3, 0.4) is 0 Å². The zero-order valence-electron chi connectivity index (χ0n) is 17.0. The van der Waals surface area contributed by atoms with Gasteiger partial charge in [-0.05, 0) is 66.9 Å². The highest BCUT2D eigenvalue weighted by molar-refractivity contribution is 5.91. The Morgan fingerprint density at radius 1 is 1.27 bits per heavy atom. The van der Waals surface area contributed by atoms with E-state index in [2.05, 4.69) is 5.32 Å². The summed E-state index contributed by atoms with van der Waals surface area (Å²) in [5, 5.41) is 21.6. The number of carboxylic acids is 1. The molecule has 1 saturated heterocycles. The Morgan fingerprint density at radius 2 is 2.03 bits per heavy atom. The Labute approximate surface area is 174 Å². The second-order valence-corrected chi connectivity index (χ2v) is 8.74. The van der Waals surface area contributed by atoms with E-state index in [1.54, 1.807) is 28.6 Å². The Morgan fingerprint density at radius 3 is 2.63 bits per heavy atom. The lowest BCUT2D eigenvalue weighted by Gasteiger charge is -2.38. The molecule has 1 aromatic carbocycles. The van der Waals surface area contributed by atoms with Crippen LogP contribution in [0.2, 0.25) is 0 Å². The van der Waals surface area contributed by atoms with Crippen LogP contribution in [0.4, 0.5) is 0 Å². The molecule has 1 spiro atoms. The number of hydrogen-bond acceptors (Lipinski definition) is 5. The molecule has 0 aromatic heterocycles. The molecule has 8 heteroatoms. The fourth-order valence-electron chi connectivity index (χ4n) is 4.68. The fraction of sp³-hybridized carbons (Fsp3) is 0.500. The molecule has 30 heavy (non-hydrogen) atoms. The van der Waals surface area contributed by atoms with Gasteiger partial charge in [0.15, 0.2) is 0 Å².